The number of nitrogens with zero attached hydrogens (tertiary/aromatic N) is 5. The minimum atomic E-state index is -0.730. The molecule has 6 aromatic rings. The summed E-state index contributed by atoms with van der Waals surface area (Å²) in [5.41, 5.74) is 4.78. The van der Waals surface area contributed by atoms with Gasteiger partial charge in [-0.1, -0.05) is 6.92 Å². The minimum absolute atomic E-state index is 0.193. The van der Waals surface area contributed by atoms with Gasteiger partial charge in [0.25, 0.3) is 0 Å². The summed E-state index contributed by atoms with van der Waals surface area (Å²) < 4.78 is 21.1. The van der Waals surface area contributed by atoms with Gasteiger partial charge in [0, 0.05) is 40.8 Å². The van der Waals surface area contributed by atoms with Crippen LogP contribution in [0, 0.1) is 5.82 Å². The summed E-state index contributed by atoms with van der Waals surface area (Å²) in [6.45, 7) is 1.85. The van der Waals surface area contributed by atoms with Crippen molar-refractivity contribution >= 4 is 27.9 Å². The summed E-state index contributed by atoms with van der Waals surface area (Å²) in [7, 11) is 0. The molecule has 0 aliphatic carbocycles. The maximum atomic E-state index is 15.9. The summed E-state index contributed by atoms with van der Waals surface area (Å²) in [5, 5.41) is 20.0. The van der Waals surface area contributed by atoms with Gasteiger partial charge < -0.3 is 19.8 Å². The number of aromatic nitrogens is 7. The van der Waals surface area contributed by atoms with Crippen LogP contribution in [0.5, 0.6) is 0 Å². The molecule has 0 saturated heterocycles. The van der Waals surface area contributed by atoms with Crippen molar-refractivity contribution in [3.63, 3.8) is 0 Å². The fourth-order valence-electron chi connectivity index (χ4n) is 3.97. The van der Waals surface area contributed by atoms with Crippen LogP contribution in [-0.4, -0.2) is 46.5 Å². The number of fused-ring (bicyclic) bond motifs is 2. The molecule has 0 amide bonds. The lowest BCUT2D eigenvalue weighted by atomic mass is 10.1. The molecule has 174 valence electrons. The first-order chi connectivity index (χ1) is 17.1. The molecular formula is C24H19FN8O2. The Morgan fingerprint density at radius 1 is 1.11 bits per heavy atom. The number of nitrogens with one attached hydrogen (secondary N) is 3. The second kappa shape index (κ2) is 8.29. The Kier molecular flexibility index (Phi) is 4.96. The molecule has 10 nitrogen and oxygen atoms in total. The maximum absolute atomic E-state index is 15.9. The number of hydrogen-bond acceptors (Lipinski definition) is 8. The van der Waals surface area contributed by atoms with Crippen LogP contribution < -0.4 is 5.32 Å². The molecule has 0 aliphatic rings. The van der Waals surface area contributed by atoms with Crippen LogP contribution in [0.25, 0.3) is 56.0 Å². The van der Waals surface area contributed by atoms with Crippen molar-refractivity contribution in [3.05, 3.63) is 61.3 Å². The molecule has 1 atom stereocenters. The standard InChI is InChI=1S/C24H19FN8O2/c1-2-17(34)29-14-7-13(8-26-9-14)16-10-28-22-18(19(16)25)21(32-33-22)24-30-20-15(12-4-6-35-11-12)3-5-27-23(20)31-24/h3-11,17,29,34H,2H2,1H3,(H,27,30,31)(H,28,32,33). The number of rotatable bonds is 6. The summed E-state index contributed by atoms with van der Waals surface area (Å²) in [6, 6.07) is 5.40. The molecule has 0 bridgehead atoms. The molecule has 11 heteroatoms. The number of pyridine rings is 3. The largest absolute Gasteiger partial charge is 0.472 e. The number of aliphatic hydroxyl groups excluding tert-OH is 1. The van der Waals surface area contributed by atoms with Crippen molar-refractivity contribution in [1.82, 2.24) is 35.1 Å². The quantitative estimate of drug-likeness (QED) is 0.261. The van der Waals surface area contributed by atoms with Crippen molar-refractivity contribution in [2.75, 3.05) is 5.32 Å². The summed E-state index contributed by atoms with van der Waals surface area (Å²) >= 11 is 0. The van der Waals surface area contributed by atoms with E-state index in [1.165, 1.54) is 12.4 Å². The topological polar surface area (TPSA) is 141 Å². The smallest absolute Gasteiger partial charge is 0.184 e. The summed E-state index contributed by atoms with van der Waals surface area (Å²) in [5.74, 6) is -0.138. The van der Waals surface area contributed by atoms with Crippen LogP contribution in [0.2, 0.25) is 0 Å². The van der Waals surface area contributed by atoms with E-state index < -0.39 is 12.0 Å². The second-order valence-electron chi connectivity index (χ2n) is 7.97. The third kappa shape index (κ3) is 3.58. The van der Waals surface area contributed by atoms with Crippen molar-refractivity contribution in [3.8, 4) is 33.8 Å². The van der Waals surface area contributed by atoms with Gasteiger partial charge in [0.1, 0.15) is 17.7 Å². The third-order valence-corrected chi connectivity index (χ3v) is 5.75. The van der Waals surface area contributed by atoms with E-state index in [0.717, 1.165) is 11.1 Å². The molecule has 0 aliphatic heterocycles. The fraction of sp³-hybridized carbons (Fsp3) is 0.125. The Bertz CT molecular complexity index is 1660. The lowest BCUT2D eigenvalue weighted by Crippen LogP contribution is -2.17. The van der Waals surface area contributed by atoms with E-state index >= 15 is 4.39 Å². The molecule has 0 aromatic carbocycles. The molecule has 0 saturated carbocycles. The van der Waals surface area contributed by atoms with Gasteiger partial charge >= 0.3 is 0 Å². The number of halogens is 1. The molecule has 35 heavy (non-hydrogen) atoms. The van der Waals surface area contributed by atoms with E-state index in [-0.39, 0.29) is 16.6 Å². The van der Waals surface area contributed by atoms with Gasteiger partial charge in [-0.3, -0.25) is 10.1 Å². The molecule has 1 unspecified atom stereocenters. The van der Waals surface area contributed by atoms with Gasteiger partial charge in [-0.25, -0.2) is 19.3 Å². The summed E-state index contributed by atoms with van der Waals surface area (Å²) in [4.78, 5) is 20.6. The van der Waals surface area contributed by atoms with Crippen molar-refractivity contribution in [1.29, 1.82) is 0 Å². The molecule has 6 heterocycles. The molecule has 6 rings (SSSR count). The molecular weight excluding hydrogens is 451 g/mol. The number of aliphatic hydroxyl groups is 1. The van der Waals surface area contributed by atoms with E-state index in [2.05, 4.69) is 40.4 Å². The fourth-order valence-corrected chi connectivity index (χ4v) is 3.97. The summed E-state index contributed by atoms with van der Waals surface area (Å²) in [6.07, 6.45) is 9.18. The van der Waals surface area contributed by atoms with Crippen LogP contribution in [0.3, 0.4) is 0 Å². The zero-order chi connectivity index (χ0) is 23.9. The van der Waals surface area contributed by atoms with Gasteiger partial charge in [-0.2, -0.15) is 5.10 Å². The number of aromatic amines is 2. The van der Waals surface area contributed by atoms with E-state index in [1.807, 2.05) is 19.1 Å². The number of H-pyrrole nitrogens is 2. The normalized spacial score (nSPS) is 12.4. The Hall–Kier alpha value is -4.64. The maximum Gasteiger partial charge on any atom is 0.184 e. The molecule has 0 fully saturated rings. The van der Waals surface area contributed by atoms with Gasteiger partial charge in [0.15, 0.2) is 17.1 Å². The highest BCUT2D eigenvalue weighted by Crippen LogP contribution is 2.34. The lowest BCUT2D eigenvalue weighted by Gasteiger charge is -2.12. The van der Waals surface area contributed by atoms with E-state index in [1.54, 1.807) is 31.0 Å². The minimum Gasteiger partial charge on any atom is -0.472 e. The highest BCUT2D eigenvalue weighted by molar-refractivity contribution is 5.96. The number of imidazole rings is 1. The van der Waals surface area contributed by atoms with Gasteiger partial charge in [-0.05, 0) is 24.6 Å². The molecule has 4 N–H and O–H groups in total. The Labute approximate surface area is 197 Å². The Balaban J connectivity index is 1.47. The van der Waals surface area contributed by atoms with Gasteiger partial charge in [0.05, 0.1) is 35.3 Å². The first-order valence-corrected chi connectivity index (χ1v) is 10.9. The first kappa shape index (κ1) is 20.9. The number of anilines is 1. The van der Waals surface area contributed by atoms with Crippen molar-refractivity contribution in [2.24, 2.45) is 0 Å². The third-order valence-electron chi connectivity index (χ3n) is 5.75. The van der Waals surface area contributed by atoms with E-state index in [9.17, 15) is 5.11 Å². The number of furan rings is 1. The monoisotopic (exact) mass is 470 g/mol. The van der Waals surface area contributed by atoms with Crippen molar-refractivity contribution in [2.45, 2.75) is 19.6 Å². The predicted molar refractivity (Wildman–Crippen MR) is 128 cm³/mol. The Morgan fingerprint density at radius 3 is 2.86 bits per heavy atom. The second-order valence-corrected chi connectivity index (χ2v) is 7.97. The first-order valence-electron chi connectivity index (χ1n) is 10.9. The average Bonchev–Trinajstić information content (AvgIpc) is 3.63. The number of hydrogen-bond donors (Lipinski definition) is 4. The van der Waals surface area contributed by atoms with E-state index in [4.69, 9.17) is 4.42 Å². The SMILES string of the molecule is CCC(O)Nc1cncc(-c2cnc3n[nH]c(-c4nc5nccc(-c6ccoc6)c5[nH]4)c3c2F)c1. The lowest BCUT2D eigenvalue weighted by molar-refractivity contribution is 0.199. The van der Waals surface area contributed by atoms with Crippen LogP contribution >= 0.6 is 0 Å². The highest BCUT2D eigenvalue weighted by atomic mass is 19.1. The van der Waals surface area contributed by atoms with Gasteiger partial charge in [-0.15, -0.1) is 0 Å². The molecule has 6 aromatic heterocycles. The van der Waals surface area contributed by atoms with Crippen LogP contribution in [0.1, 0.15) is 13.3 Å². The average molecular weight is 470 g/mol. The molecule has 0 spiro atoms. The van der Waals surface area contributed by atoms with Crippen LogP contribution in [0.4, 0.5) is 10.1 Å². The van der Waals surface area contributed by atoms with Gasteiger partial charge in [0.2, 0.25) is 0 Å². The molecule has 0 radical (unpaired) electrons. The predicted octanol–water partition coefficient (Wildman–Crippen LogP) is 4.50. The van der Waals surface area contributed by atoms with Crippen LogP contribution in [0.15, 0.2) is 59.9 Å². The Morgan fingerprint density at radius 2 is 2.03 bits per heavy atom. The van der Waals surface area contributed by atoms with E-state index in [0.29, 0.717) is 40.4 Å². The zero-order valence-corrected chi connectivity index (χ0v) is 18.5. The zero-order valence-electron chi connectivity index (χ0n) is 18.5. The highest BCUT2D eigenvalue weighted by Gasteiger charge is 2.21. The van der Waals surface area contributed by atoms with Crippen LogP contribution in [-0.2, 0) is 0 Å². The van der Waals surface area contributed by atoms with Crippen molar-refractivity contribution < 1.29 is 13.9 Å².